The number of aryl methyl sites for hydroxylation is 1. The van der Waals surface area contributed by atoms with E-state index in [4.69, 9.17) is 5.73 Å². The average molecular weight is 518 g/mol. The van der Waals surface area contributed by atoms with Gasteiger partial charge in [0.1, 0.15) is 0 Å². The smallest absolute Gasteiger partial charge is 0.261 e. The number of hydrogen-bond donors (Lipinski definition) is 4. The van der Waals surface area contributed by atoms with Crippen molar-refractivity contribution in [3.63, 3.8) is 0 Å². The molecule has 1 unspecified atom stereocenters. The molecule has 2 amide bonds. The van der Waals surface area contributed by atoms with Crippen LogP contribution in [0.3, 0.4) is 0 Å². The molecule has 0 radical (unpaired) electrons. The molecule has 0 aliphatic carbocycles. The molecule has 0 aliphatic rings. The highest BCUT2D eigenvalue weighted by atomic mass is 32.2. The first-order chi connectivity index (χ1) is 17.6. The lowest BCUT2D eigenvalue weighted by atomic mass is 9.99. The van der Waals surface area contributed by atoms with Gasteiger partial charge in [0.15, 0.2) is 6.10 Å². The van der Waals surface area contributed by atoms with E-state index in [9.17, 15) is 23.1 Å². The molecule has 190 valence electrons. The Morgan fingerprint density at radius 2 is 1.57 bits per heavy atom. The van der Waals surface area contributed by atoms with E-state index in [0.29, 0.717) is 5.56 Å². The highest BCUT2D eigenvalue weighted by molar-refractivity contribution is 7.92. The predicted molar refractivity (Wildman–Crippen MR) is 143 cm³/mol. The van der Waals surface area contributed by atoms with E-state index in [1.807, 2.05) is 30.3 Å². The van der Waals surface area contributed by atoms with Crippen molar-refractivity contribution in [1.82, 2.24) is 5.32 Å². The van der Waals surface area contributed by atoms with Gasteiger partial charge in [0.2, 0.25) is 5.91 Å². The van der Waals surface area contributed by atoms with Crippen LogP contribution in [0.2, 0.25) is 0 Å². The van der Waals surface area contributed by atoms with Crippen LogP contribution < -0.4 is 15.8 Å². The zero-order valence-corrected chi connectivity index (χ0v) is 20.9. The van der Waals surface area contributed by atoms with Gasteiger partial charge in [-0.05, 0) is 59.5 Å². The molecule has 0 aromatic heterocycles. The molecule has 0 spiro atoms. The number of aliphatic hydroxyl groups excluding tert-OH is 1. The molecule has 2 atom stereocenters. The Hall–Kier alpha value is -4.21. The third-order valence-electron chi connectivity index (χ3n) is 6.05. The number of nitrogens with two attached hydrogens (primary N) is 1. The first-order valence-corrected chi connectivity index (χ1v) is 13.1. The first kappa shape index (κ1) is 25.9. The van der Waals surface area contributed by atoms with Gasteiger partial charge >= 0.3 is 0 Å². The number of fused-ring (bicyclic) bond motifs is 1. The minimum absolute atomic E-state index is 0.0882. The van der Waals surface area contributed by atoms with Crippen LogP contribution in [0.15, 0.2) is 95.9 Å². The summed E-state index contributed by atoms with van der Waals surface area (Å²) in [6.45, 7) is 1.70. The van der Waals surface area contributed by atoms with Crippen LogP contribution in [0.25, 0.3) is 10.8 Å². The summed E-state index contributed by atoms with van der Waals surface area (Å²) < 4.78 is 28.6. The van der Waals surface area contributed by atoms with Crippen molar-refractivity contribution >= 4 is 38.3 Å². The van der Waals surface area contributed by atoms with Gasteiger partial charge in [0.25, 0.3) is 15.9 Å². The minimum atomic E-state index is -3.93. The molecular formula is C28H27N3O5S. The maximum atomic E-state index is 13.2. The van der Waals surface area contributed by atoms with E-state index in [1.165, 1.54) is 12.1 Å². The van der Waals surface area contributed by atoms with Crippen LogP contribution in [0, 0.1) is 6.92 Å². The van der Waals surface area contributed by atoms with E-state index >= 15 is 0 Å². The summed E-state index contributed by atoms with van der Waals surface area (Å²) in [5.74, 6) is -1.54. The van der Waals surface area contributed by atoms with Crippen LogP contribution in [-0.4, -0.2) is 37.5 Å². The van der Waals surface area contributed by atoms with Gasteiger partial charge in [0.05, 0.1) is 10.9 Å². The van der Waals surface area contributed by atoms with Crippen LogP contribution in [-0.2, 0) is 21.2 Å². The van der Waals surface area contributed by atoms with Gasteiger partial charge in [-0.2, -0.15) is 0 Å². The third-order valence-corrected chi connectivity index (χ3v) is 7.43. The van der Waals surface area contributed by atoms with Crippen molar-refractivity contribution in [2.24, 2.45) is 5.73 Å². The quantitative estimate of drug-likeness (QED) is 0.270. The van der Waals surface area contributed by atoms with Crippen molar-refractivity contribution in [1.29, 1.82) is 0 Å². The fourth-order valence-electron chi connectivity index (χ4n) is 4.03. The molecule has 0 aliphatic heterocycles. The average Bonchev–Trinajstić information content (AvgIpc) is 2.89. The predicted octanol–water partition coefficient (Wildman–Crippen LogP) is 3.14. The van der Waals surface area contributed by atoms with Gasteiger partial charge in [-0.15, -0.1) is 0 Å². The number of rotatable bonds is 9. The van der Waals surface area contributed by atoms with Crippen molar-refractivity contribution in [2.45, 2.75) is 30.4 Å². The van der Waals surface area contributed by atoms with Crippen LogP contribution >= 0.6 is 0 Å². The van der Waals surface area contributed by atoms with Gasteiger partial charge in [-0.1, -0.05) is 66.7 Å². The number of amides is 2. The van der Waals surface area contributed by atoms with E-state index in [0.717, 1.165) is 16.3 Å². The van der Waals surface area contributed by atoms with Gasteiger partial charge < -0.3 is 16.2 Å². The number of hydrogen-bond acceptors (Lipinski definition) is 5. The summed E-state index contributed by atoms with van der Waals surface area (Å²) >= 11 is 0. The summed E-state index contributed by atoms with van der Waals surface area (Å²) in [5, 5.41) is 14.7. The minimum Gasteiger partial charge on any atom is -0.381 e. The second kappa shape index (κ2) is 10.8. The fourth-order valence-corrected chi connectivity index (χ4v) is 5.12. The molecule has 9 heteroatoms. The lowest BCUT2D eigenvalue weighted by Crippen LogP contribution is -2.50. The topological polar surface area (TPSA) is 139 Å². The normalized spacial score (nSPS) is 13.0. The van der Waals surface area contributed by atoms with Crippen molar-refractivity contribution < 1.29 is 23.1 Å². The number of benzene rings is 4. The zero-order valence-electron chi connectivity index (χ0n) is 20.1. The zero-order chi connectivity index (χ0) is 26.6. The molecule has 0 fully saturated rings. The molecular weight excluding hydrogens is 490 g/mol. The Labute approximate surface area is 215 Å². The second-order valence-electron chi connectivity index (χ2n) is 8.76. The van der Waals surface area contributed by atoms with Crippen molar-refractivity contribution in [3.8, 4) is 0 Å². The largest absolute Gasteiger partial charge is 0.381 e. The molecule has 4 aromatic carbocycles. The highest BCUT2D eigenvalue weighted by Gasteiger charge is 2.27. The number of anilines is 1. The van der Waals surface area contributed by atoms with Crippen LogP contribution in [0.1, 0.15) is 21.5 Å². The van der Waals surface area contributed by atoms with E-state index in [2.05, 4.69) is 10.0 Å². The molecule has 5 N–H and O–H groups in total. The lowest BCUT2D eigenvalue weighted by molar-refractivity contribution is -0.127. The highest BCUT2D eigenvalue weighted by Crippen LogP contribution is 2.23. The molecule has 4 aromatic rings. The number of carbonyl (C=O) groups excluding carboxylic acids is 2. The maximum absolute atomic E-state index is 13.2. The van der Waals surface area contributed by atoms with E-state index in [1.54, 1.807) is 55.5 Å². The monoisotopic (exact) mass is 517 g/mol. The summed E-state index contributed by atoms with van der Waals surface area (Å²) in [4.78, 5) is 25.0. The molecule has 8 nitrogen and oxygen atoms in total. The second-order valence-corrected chi connectivity index (χ2v) is 10.4. The number of nitrogens with one attached hydrogen (secondary N) is 2. The molecule has 0 saturated carbocycles. The van der Waals surface area contributed by atoms with Gasteiger partial charge in [0, 0.05) is 11.3 Å². The van der Waals surface area contributed by atoms with E-state index in [-0.39, 0.29) is 22.6 Å². The lowest BCUT2D eigenvalue weighted by Gasteiger charge is -2.23. The van der Waals surface area contributed by atoms with Crippen LogP contribution in [0.5, 0.6) is 0 Å². The number of primary amides is 1. The number of carbonyl (C=O) groups is 2. The van der Waals surface area contributed by atoms with Gasteiger partial charge in [-0.25, -0.2) is 8.42 Å². The Kier molecular flexibility index (Phi) is 7.56. The van der Waals surface area contributed by atoms with E-state index < -0.39 is 34.0 Å². The maximum Gasteiger partial charge on any atom is 0.261 e. The van der Waals surface area contributed by atoms with Gasteiger partial charge in [-0.3, -0.25) is 14.3 Å². The summed E-state index contributed by atoms with van der Waals surface area (Å²) in [6.07, 6.45) is -1.44. The molecule has 37 heavy (non-hydrogen) atoms. The first-order valence-electron chi connectivity index (χ1n) is 11.6. The number of aliphatic hydroxyl groups is 1. The fraction of sp³-hybridized carbons (Fsp3) is 0.143. The Balaban J connectivity index is 1.57. The molecule has 4 rings (SSSR count). The Morgan fingerprint density at radius 3 is 2.27 bits per heavy atom. The van der Waals surface area contributed by atoms with Crippen molar-refractivity contribution in [2.75, 3.05) is 4.72 Å². The SMILES string of the molecule is Cc1ccc(NS(=O)(=O)c2ccc3ccccc3c2)cc1C(=O)N[C@@H](Cc1ccccc1)C(O)C(N)=O. The molecule has 0 heterocycles. The molecule has 0 bridgehead atoms. The summed E-state index contributed by atoms with van der Waals surface area (Å²) in [7, 11) is -3.93. The molecule has 0 saturated heterocycles. The Bertz CT molecular complexity index is 1550. The Morgan fingerprint density at radius 1 is 0.892 bits per heavy atom. The third kappa shape index (κ3) is 6.14. The standard InChI is InChI=1S/C28H27N3O5S/c1-18-11-13-22(31-37(35,36)23-14-12-20-9-5-6-10-21(20)16-23)17-24(18)28(34)30-25(26(32)27(29)33)15-19-7-3-2-4-8-19/h2-14,16-17,25-26,31-32H,15H2,1H3,(H2,29,33)(H,30,34)/t25-,26?/m0/s1. The summed E-state index contributed by atoms with van der Waals surface area (Å²) in [5.41, 5.74) is 7.06. The number of sulfonamides is 1. The van der Waals surface area contributed by atoms with Crippen LogP contribution in [0.4, 0.5) is 5.69 Å². The summed E-state index contributed by atoms with van der Waals surface area (Å²) in [6, 6.07) is 24.9. The van der Waals surface area contributed by atoms with Crippen molar-refractivity contribution in [3.05, 3.63) is 108 Å².